The highest BCUT2D eigenvalue weighted by Gasteiger charge is 2.25. The third-order valence-electron chi connectivity index (χ3n) is 6.10. The quantitative estimate of drug-likeness (QED) is 0.583. The minimum absolute atomic E-state index is 0.197. The van der Waals surface area contributed by atoms with Crippen LogP contribution in [0.4, 0.5) is 5.00 Å². The number of primary amides is 1. The third-order valence-corrected chi connectivity index (χ3v) is 7.30. The number of rotatable bonds is 7. The summed E-state index contributed by atoms with van der Waals surface area (Å²) in [6, 6.07) is 7.22. The molecule has 34 heavy (non-hydrogen) atoms. The first-order valence-corrected chi connectivity index (χ1v) is 12.5. The van der Waals surface area contributed by atoms with E-state index in [4.69, 9.17) is 15.2 Å². The van der Waals surface area contributed by atoms with Crippen molar-refractivity contribution in [2.24, 2.45) is 5.73 Å². The summed E-state index contributed by atoms with van der Waals surface area (Å²) in [4.78, 5) is 40.2. The number of morpholine rings is 1. The number of benzene rings is 1. The number of ether oxygens (including phenoxy) is 2. The normalized spacial score (nSPS) is 20.4. The number of aryl methyl sites for hydroxylation is 1. The van der Waals surface area contributed by atoms with Gasteiger partial charge in [0, 0.05) is 24.5 Å². The van der Waals surface area contributed by atoms with E-state index in [0.717, 1.165) is 61.3 Å². The molecule has 2 unspecified atom stereocenters. The topological polar surface area (TPSA) is 111 Å². The first-order chi connectivity index (χ1) is 16.3. The molecule has 2 aromatic rings. The fourth-order valence-corrected chi connectivity index (χ4v) is 6.02. The Kier molecular flexibility index (Phi) is 7.65. The molecule has 1 aromatic carbocycles. The van der Waals surface area contributed by atoms with Gasteiger partial charge in [0.1, 0.15) is 5.00 Å². The number of carbonyl (C=O) groups is 3. The van der Waals surface area contributed by atoms with Crippen LogP contribution in [0, 0.1) is 0 Å². The van der Waals surface area contributed by atoms with E-state index in [1.165, 1.54) is 11.3 Å². The van der Waals surface area contributed by atoms with E-state index in [-0.39, 0.29) is 12.2 Å². The van der Waals surface area contributed by atoms with E-state index in [1.54, 1.807) is 12.1 Å². The average molecular weight is 486 g/mol. The number of thiophene rings is 1. The lowest BCUT2D eigenvalue weighted by molar-refractivity contribution is -0.119. The second-order valence-electron chi connectivity index (χ2n) is 9.05. The van der Waals surface area contributed by atoms with Gasteiger partial charge in [0.15, 0.2) is 6.61 Å². The molecule has 1 aromatic heterocycles. The molecule has 0 bridgehead atoms. The predicted molar refractivity (Wildman–Crippen MR) is 130 cm³/mol. The lowest BCUT2D eigenvalue weighted by atomic mass is 9.95. The lowest BCUT2D eigenvalue weighted by Gasteiger charge is -2.35. The van der Waals surface area contributed by atoms with Gasteiger partial charge < -0.3 is 20.5 Å². The van der Waals surface area contributed by atoms with Crippen molar-refractivity contribution in [3.63, 3.8) is 0 Å². The zero-order chi connectivity index (χ0) is 24.2. The molecule has 1 fully saturated rings. The highest BCUT2D eigenvalue weighted by atomic mass is 32.1. The summed E-state index contributed by atoms with van der Waals surface area (Å²) >= 11 is 1.38. The van der Waals surface area contributed by atoms with Crippen LogP contribution < -0.4 is 11.1 Å². The number of fused-ring (bicyclic) bond motifs is 1. The standard InChI is InChI=1S/C25H31N3O5S/c1-15-11-28(12-16(2)33-15)13-17-7-9-18(10-8-17)25(31)32-14-21(29)27-24-22(23(26)30)19-5-3-4-6-20(19)34-24/h7-10,15-16H,3-6,11-14H2,1-2H3,(H2,26,30)(H,27,29). The Labute approximate surface area is 203 Å². The highest BCUT2D eigenvalue weighted by Crippen LogP contribution is 2.37. The largest absolute Gasteiger partial charge is 0.452 e. The summed E-state index contributed by atoms with van der Waals surface area (Å²) in [6.07, 6.45) is 4.11. The van der Waals surface area contributed by atoms with Crippen molar-refractivity contribution in [3.05, 3.63) is 51.4 Å². The van der Waals surface area contributed by atoms with E-state index < -0.39 is 24.4 Å². The minimum Gasteiger partial charge on any atom is -0.452 e. The highest BCUT2D eigenvalue weighted by molar-refractivity contribution is 7.17. The molecule has 4 rings (SSSR count). The molecular formula is C25H31N3O5S. The Morgan fingerprint density at radius 3 is 2.47 bits per heavy atom. The molecule has 182 valence electrons. The summed E-state index contributed by atoms with van der Waals surface area (Å²) in [5.41, 5.74) is 8.37. The van der Waals surface area contributed by atoms with E-state index in [9.17, 15) is 14.4 Å². The van der Waals surface area contributed by atoms with Gasteiger partial charge in [0.2, 0.25) is 0 Å². The number of hydrogen-bond acceptors (Lipinski definition) is 7. The van der Waals surface area contributed by atoms with E-state index >= 15 is 0 Å². The maximum Gasteiger partial charge on any atom is 0.338 e. The van der Waals surface area contributed by atoms with Crippen LogP contribution in [0.25, 0.3) is 0 Å². The van der Waals surface area contributed by atoms with Gasteiger partial charge in [-0.3, -0.25) is 14.5 Å². The second-order valence-corrected chi connectivity index (χ2v) is 10.2. The summed E-state index contributed by atoms with van der Waals surface area (Å²) in [5, 5.41) is 3.14. The van der Waals surface area contributed by atoms with Gasteiger partial charge in [-0.2, -0.15) is 0 Å². The molecular weight excluding hydrogens is 454 g/mol. The van der Waals surface area contributed by atoms with Gasteiger partial charge in [-0.05, 0) is 62.8 Å². The second kappa shape index (κ2) is 10.7. The zero-order valence-corrected chi connectivity index (χ0v) is 20.4. The SMILES string of the molecule is CC1CN(Cc2ccc(C(=O)OCC(=O)Nc3sc4c(c3C(N)=O)CCCC4)cc2)CC(C)O1. The van der Waals surface area contributed by atoms with Crippen molar-refractivity contribution < 1.29 is 23.9 Å². The van der Waals surface area contributed by atoms with Gasteiger partial charge in [0.25, 0.3) is 11.8 Å². The maximum atomic E-state index is 12.4. The Balaban J connectivity index is 1.30. The molecule has 1 aliphatic carbocycles. The monoisotopic (exact) mass is 485 g/mol. The van der Waals surface area contributed by atoms with Gasteiger partial charge in [-0.25, -0.2) is 4.79 Å². The van der Waals surface area contributed by atoms with Crippen molar-refractivity contribution in [1.29, 1.82) is 0 Å². The van der Waals surface area contributed by atoms with Gasteiger partial charge in [-0.15, -0.1) is 11.3 Å². The van der Waals surface area contributed by atoms with Crippen LogP contribution >= 0.6 is 11.3 Å². The van der Waals surface area contributed by atoms with Gasteiger partial charge >= 0.3 is 5.97 Å². The zero-order valence-electron chi connectivity index (χ0n) is 19.6. The van der Waals surface area contributed by atoms with Gasteiger partial charge in [-0.1, -0.05) is 12.1 Å². The predicted octanol–water partition coefficient (Wildman–Crippen LogP) is 3.13. The average Bonchev–Trinajstić information content (AvgIpc) is 3.15. The number of esters is 1. The molecule has 0 spiro atoms. The Hall–Kier alpha value is -2.75. The number of nitrogens with two attached hydrogens (primary N) is 1. The van der Waals surface area contributed by atoms with Crippen molar-refractivity contribution >= 4 is 34.1 Å². The molecule has 0 saturated carbocycles. The van der Waals surface area contributed by atoms with Gasteiger partial charge in [0.05, 0.1) is 23.3 Å². The first kappa shape index (κ1) is 24.4. The molecule has 8 nitrogen and oxygen atoms in total. The van der Waals surface area contributed by atoms with Crippen LogP contribution in [0.5, 0.6) is 0 Å². The number of amides is 2. The molecule has 1 saturated heterocycles. The molecule has 2 amide bonds. The van der Waals surface area contributed by atoms with Crippen LogP contribution in [0.2, 0.25) is 0 Å². The van der Waals surface area contributed by atoms with Crippen LogP contribution in [-0.2, 0) is 33.7 Å². The van der Waals surface area contributed by atoms with Crippen molar-refractivity contribution in [2.45, 2.75) is 58.3 Å². The summed E-state index contributed by atoms with van der Waals surface area (Å²) in [7, 11) is 0. The van der Waals surface area contributed by atoms with Crippen LogP contribution in [-0.4, -0.2) is 54.6 Å². The summed E-state index contributed by atoms with van der Waals surface area (Å²) in [5.74, 6) is -1.62. The number of anilines is 1. The lowest BCUT2D eigenvalue weighted by Crippen LogP contribution is -2.44. The van der Waals surface area contributed by atoms with Crippen LogP contribution in [0.15, 0.2) is 24.3 Å². The summed E-state index contributed by atoms with van der Waals surface area (Å²) < 4.78 is 11.0. The fraction of sp³-hybridized carbons (Fsp3) is 0.480. The van der Waals surface area contributed by atoms with E-state index in [1.807, 2.05) is 12.1 Å². The van der Waals surface area contributed by atoms with E-state index in [2.05, 4.69) is 24.1 Å². The van der Waals surface area contributed by atoms with Crippen molar-refractivity contribution in [2.75, 3.05) is 25.0 Å². The molecule has 2 atom stereocenters. The molecule has 1 aliphatic heterocycles. The molecule has 9 heteroatoms. The van der Waals surface area contributed by atoms with Crippen molar-refractivity contribution in [3.8, 4) is 0 Å². The number of nitrogens with zero attached hydrogens (tertiary/aromatic N) is 1. The van der Waals surface area contributed by atoms with Crippen molar-refractivity contribution in [1.82, 2.24) is 4.90 Å². The number of hydrogen-bond donors (Lipinski definition) is 2. The smallest absolute Gasteiger partial charge is 0.338 e. The van der Waals surface area contributed by atoms with Crippen LogP contribution in [0.3, 0.4) is 0 Å². The fourth-order valence-electron chi connectivity index (χ4n) is 4.71. The summed E-state index contributed by atoms with van der Waals surface area (Å²) in [6.45, 7) is 6.22. The molecule has 2 aliphatic rings. The third kappa shape index (κ3) is 5.84. The number of carbonyl (C=O) groups excluding carboxylic acids is 3. The molecule has 2 heterocycles. The Bertz CT molecular complexity index is 1060. The molecule has 3 N–H and O–H groups in total. The maximum absolute atomic E-state index is 12.4. The first-order valence-electron chi connectivity index (χ1n) is 11.7. The Morgan fingerprint density at radius 1 is 1.12 bits per heavy atom. The minimum atomic E-state index is -0.573. The Morgan fingerprint density at radius 2 is 1.79 bits per heavy atom. The van der Waals surface area contributed by atoms with E-state index in [0.29, 0.717) is 16.1 Å². The molecule has 0 radical (unpaired) electrons. The number of nitrogens with one attached hydrogen (secondary N) is 1. The van der Waals surface area contributed by atoms with Crippen LogP contribution in [0.1, 0.15) is 63.4 Å².